The zero-order valence-corrected chi connectivity index (χ0v) is 15.0. The molecule has 8 heteroatoms. The summed E-state index contributed by atoms with van der Waals surface area (Å²) in [7, 11) is -2.09. The van der Waals surface area contributed by atoms with Gasteiger partial charge >= 0.3 is 0 Å². The van der Waals surface area contributed by atoms with Gasteiger partial charge in [0.25, 0.3) is 10.2 Å². The SMILES string of the molecule is Cc1ccc2c(N3CC(C)(CCN(C)S(N)(=O)=O)C3)cnnc2c1. The van der Waals surface area contributed by atoms with Gasteiger partial charge in [-0.3, -0.25) is 0 Å². The third-order valence-electron chi connectivity index (χ3n) is 4.73. The molecule has 1 aromatic heterocycles. The van der Waals surface area contributed by atoms with Gasteiger partial charge in [0.05, 0.1) is 17.4 Å². The first-order chi connectivity index (χ1) is 11.2. The van der Waals surface area contributed by atoms with Gasteiger partial charge in [-0.2, -0.15) is 22.9 Å². The molecule has 130 valence electrons. The Morgan fingerprint density at radius 1 is 1.38 bits per heavy atom. The minimum absolute atomic E-state index is 0.0687. The van der Waals surface area contributed by atoms with Gasteiger partial charge in [0, 0.05) is 37.5 Å². The summed E-state index contributed by atoms with van der Waals surface area (Å²) in [5, 5.41) is 14.5. The molecule has 2 heterocycles. The van der Waals surface area contributed by atoms with Crippen molar-refractivity contribution in [3.63, 3.8) is 0 Å². The molecule has 1 aliphatic heterocycles. The van der Waals surface area contributed by atoms with Crippen molar-refractivity contribution in [2.45, 2.75) is 20.3 Å². The normalized spacial score (nSPS) is 17.3. The van der Waals surface area contributed by atoms with Crippen molar-refractivity contribution < 1.29 is 8.42 Å². The van der Waals surface area contributed by atoms with Crippen molar-refractivity contribution in [3.05, 3.63) is 30.0 Å². The largest absolute Gasteiger partial charge is 0.368 e. The molecule has 1 fully saturated rings. The lowest BCUT2D eigenvalue weighted by Crippen LogP contribution is -2.56. The molecule has 7 nitrogen and oxygen atoms in total. The molecule has 0 amide bonds. The summed E-state index contributed by atoms with van der Waals surface area (Å²) >= 11 is 0. The van der Waals surface area contributed by atoms with E-state index >= 15 is 0 Å². The Hall–Kier alpha value is -1.77. The van der Waals surface area contributed by atoms with Gasteiger partial charge in [-0.15, -0.1) is 0 Å². The molecule has 1 saturated heterocycles. The van der Waals surface area contributed by atoms with Crippen molar-refractivity contribution >= 4 is 26.8 Å². The highest BCUT2D eigenvalue weighted by Crippen LogP contribution is 2.39. The third-order valence-corrected chi connectivity index (χ3v) is 5.78. The standard InChI is InChI=1S/C16H23N5O2S/c1-12-4-5-13-14(8-12)19-18-9-15(13)21-10-16(2,11-21)6-7-20(3)24(17,22)23/h4-5,8-9H,6-7,10-11H2,1-3H3,(H2,17,22,23). The fourth-order valence-corrected chi connectivity index (χ4v) is 3.51. The Morgan fingerprint density at radius 3 is 2.75 bits per heavy atom. The summed E-state index contributed by atoms with van der Waals surface area (Å²) < 4.78 is 23.8. The third kappa shape index (κ3) is 3.35. The van der Waals surface area contributed by atoms with Crippen molar-refractivity contribution in [1.82, 2.24) is 14.5 Å². The fraction of sp³-hybridized carbons (Fsp3) is 0.500. The van der Waals surface area contributed by atoms with Gasteiger partial charge in [0.1, 0.15) is 0 Å². The average Bonchev–Trinajstić information content (AvgIpc) is 2.48. The van der Waals surface area contributed by atoms with E-state index in [0.29, 0.717) is 6.54 Å². The number of hydrogen-bond acceptors (Lipinski definition) is 5. The minimum atomic E-state index is -3.61. The Kier molecular flexibility index (Phi) is 4.23. The van der Waals surface area contributed by atoms with E-state index in [4.69, 9.17) is 5.14 Å². The van der Waals surface area contributed by atoms with Crippen molar-refractivity contribution in [3.8, 4) is 0 Å². The molecule has 0 bridgehead atoms. The number of fused-ring (bicyclic) bond motifs is 1. The number of rotatable bonds is 5. The molecule has 0 spiro atoms. The highest BCUT2D eigenvalue weighted by molar-refractivity contribution is 7.86. The van der Waals surface area contributed by atoms with E-state index in [1.165, 1.54) is 11.4 Å². The highest BCUT2D eigenvalue weighted by Gasteiger charge is 2.39. The maximum Gasteiger partial charge on any atom is 0.276 e. The molecule has 1 aliphatic rings. The lowest BCUT2D eigenvalue weighted by molar-refractivity contribution is 0.209. The van der Waals surface area contributed by atoms with Gasteiger partial charge in [-0.1, -0.05) is 19.1 Å². The molecule has 0 atom stereocenters. The summed E-state index contributed by atoms with van der Waals surface area (Å²) in [6.07, 6.45) is 2.57. The number of benzene rings is 1. The van der Waals surface area contributed by atoms with Gasteiger partial charge in [-0.25, -0.2) is 5.14 Å². The molecule has 0 radical (unpaired) electrons. The number of hydrogen-bond donors (Lipinski definition) is 1. The first kappa shape index (κ1) is 17.1. The predicted molar refractivity (Wildman–Crippen MR) is 94.9 cm³/mol. The summed E-state index contributed by atoms with van der Waals surface area (Å²) in [5.74, 6) is 0. The summed E-state index contributed by atoms with van der Waals surface area (Å²) in [5.41, 5.74) is 3.21. The van der Waals surface area contributed by atoms with Crippen molar-refractivity contribution in [1.29, 1.82) is 0 Å². The van der Waals surface area contributed by atoms with Crippen LogP contribution in [0.25, 0.3) is 10.9 Å². The fourth-order valence-electron chi connectivity index (χ4n) is 3.17. The second kappa shape index (κ2) is 5.94. The quantitative estimate of drug-likeness (QED) is 0.878. The van der Waals surface area contributed by atoms with E-state index in [0.717, 1.165) is 41.7 Å². The Balaban J connectivity index is 1.70. The van der Waals surface area contributed by atoms with Gasteiger partial charge in [0.15, 0.2) is 0 Å². The van der Waals surface area contributed by atoms with Gasteiger partial charge in [-0.05, 0) is 25.0 Å². The number of nitrogens with two attached hydrogens (primary N) is 1. The van der Waals surface area contributed by atoms with E-state index in [1.54, 1.807) is 6.20 Å². The maximum absolute atomic E-state index is 11.3. The Labute approximate surface area is 142 Å². The van der Waals surface area contributed by atoms with Crippen molar-refractivity contribution in [2.24, 2.45) is 10.6 Å². The lowest BCUT2D eigenvalue weighted by atomic mass is 9.78. The molecule has 0 unspecified atom stereocenters. The summed E-state index contributed by atoms with van der Waals surface area (Å²) in [6, 6.07) is 6.19. The number of anilines is 1. The molecular weight excluding hydrogens is 326 g/mol. The van der Waals surface area contributed by atoms with Crippen LogP contribution in [0.5, 0.6) is 0 Å². The van der Waals surface area contributed by atoms with E-state index < -0.39 is 10.2 Å². The van der Waals surface area contributed by atoms with E-state index in [-0.39, 0.29) is 5.41 Å². The molecule has 0 saturated carbocycles. The Bertz CT molecular complexity index is 862. The van der Waals surface area contributed by atoms with Crippen LogP contribution in [0.3, 0.4) is 0 Å². The first-order valence-corrected chi connectivity index (χ1v) is 9.39. The zero-order chi connectivity index (χ0) is 17.5. The molecule has 0 aliphatic carbocycles. The second-order valence-corrected chi connectivity index (χ2v) is 8.69. The number of aromatic nitrogens is 2. The van der Waals surface area contributed by atoms with E-state index in [9.17, 15) is 8.42 Å². The van der Waals surface area contributed by atoms with Crippen LogP contribution in [0.4, 0.5) is 5.69 Å². The van der Waals surface area contributed by atoms with Crippen LogP contribution in [0, 0.1) is 12.3 Å². The maximum atomic E-state index is 11.3. The van der Waals surface area contributed by atoms with Gasteiger partial charge in [0.2, 0.25) is 0 Å². The van der Waals surface area contributed by atoms with E-state index in [1.807, 2.05) is 13.0 Å². The van der Waals surface area contributed by atoms with Crippen LogP contribution < -0.4 is 10.0 Å². The van der Waals surface area contributed by atoms with Gasteiger partial charge < -0.3 is 4.90 Å². The first-order valence-electron chi connectivity index (χ1n) is 7.89. The predicted octanol–water partition coefficient (Wildman–Crippen LogP) is 1.29. The topological polar surface area (TPSA) is 92.4 Å². The molecular formula is C16H23N5O2S. The molecule has 3 rings (SSSR count). The van der Waals surface area contributed by atoms with Crippen LogP contribution in [0.15, 0.2) is 24.4 Å². The molecule has 2 N–H and O–H groups in total. The number of aryl methyl sites for hydroxylation is 1. The van der Waals surface area contributed by atoms with Crippen LogP contribution in [0.1, 0.15) is 18.9 Å². The van der Waals surface area contributed by atoms with Crippen LogP contribution in [0.2, 0.25) is 0 Å². The van der Waals surface area contributed by atoms with Crippen molar-refractivity contribution in [2.75, 3.05) is 31.6 Å². The van der Waals surface area contributed by atoms with Crippen LogP contribution >= 0.6 is 0 Å². The Morgan fingerprint density at radius 2 is 2.08 bits per heavy atom. The lowest BCUT2D eigenvalue weighted by Gasteiger charge is -2.50. The monoisotopic (exact) mass is 349 g/mol. The molecule has 24 heavy (non-hydrogen) atoms. The minimum Gasteiger partial charge on any atom is -0.368 e. The molecule has 2 aromatic rings. The van der Waals surface area contributed by atoms with Crippen LogP contribution in [-0.4, -0.2) is 49.6 Å². The average molecular weight is 349 g/mol. The van der Waals surface area contributed by atoms with Crippen LogP contribution in [-0.2, 0) is 10.2 Å². The second-order valence-electron chi connectivity index (χ2n) is 7.03. The molecule has 1 aromatic carbocycles. The zero-order valence-electron chi connectivity index (χ0n) is 14.2. The summed E-state index contributed by atoms with van der Waals surface area (Å²) in [6.45, 7) is 6.36. The summed E-state index contributed by atoms with van der Waals surface area (Å²) in [4.78, 5) is 2.27. The smallest absolute Gasteiger partial charge is 0.276 e. The van der Waals surface area contributed by atoms with E-state index in [2.05, 4.69) is 34.2 Å². The number of nitrogens with zero attached hydrogens (tertiary/aromatic N) is 4. The highest BCUT2D eigenvalue weighted by atomic mass is 32.2.